The van der Waals surface area contributed by atoms with Crippen LogP contribution >= 0.6 is 11.6 Å². The van der Waals surface area contributed by atoms with E-state index in [1.165, 1.54) is 4.90 Å². The Morgan fingerprint density at radius 2 is 1.84 bits per heavy atom. The molecule has 1 aliphatic heterocycles. The maximum atomic E-state index is 13.8. The Kier molecular flexibility index (Phi) is 6.52. The van der Waals surface area contributed by atoms with Crippen molar-refractivity contribution >= 4 is 39.9 Å². The zero-order chi connectivity index (χ0) is 26.3. The predicted molar refractivity (Wildman–Crippen MR) is 143 cm³/mol. The highest BCUT2D eigenvalue weighted by Gasteiger charge is 2.45. The average Bonchev–Trinajstić information content (AvgIpc) is 3.41. The van der Waals surface area contributed by atoms with Crippen LogP contribution in [0.2, 0.25) is 5.02 Å². The largest absolute Gasteiger partial charge is 0.503 e. The van der Waals surface area contributed by atoms with Gasteiger partial charge in [0.05, 0.1) is 18.2 Å². The van der Waals surface area contributed by atoms with Crippen molar-refractivity contribution in [1.82, 2.24) is 0 Å². The Labute approximate surface area is 219 Å². The molecule has 5 rings (SSSR count). The number of Topliss-reactive ketones (excluding diaryl/α,β-unsaturated/α-hetero) is 1. The van der Waals surface area contributed by atoms with Crippen LogP contribution in [0.25, 0.3) is 11.0 Å². The van der Waals surface area contributed by atoms with Gasteiger partial charge in [-0.1, -0.05) is 49.7 Å². The van der Waals surface area contributed by atoms with Gasteiger partial charge in [-0.05, 0) is 72.5 Å². The van der Waals surface area contributed by atoms with Crippen LogP contribution in [0.4, 0.5) is 5.69 Å². The molecule has 0 fully saturated rings. The number of hydrogen-bond donors (Lipinski definition) is 1. The fraction of sp³-hybridized carbons (Fsp3) is 0.200. The lowest BCUT2D eigenvalue weighted by Crippen LogP contribution is -2.31. The van der Waals surface area contributed by atoms with Gasteiger partial charge in [0, 0.05) is 16.1 Å². The minimum atomic E-state index is -0.863. The number of benzene rings is 3. The van der Waals surface area contributed by atoms with E-state index in [4.69, 9.17) is 20.8 Å². The standard InChI is InChI=1S/C30H26ClNO5/c1-17(2)16-36-23-10-7-19(8-11-23)27-26(28(33)25-15-20-14-21(31)9-12-24(20)37-25)29(34)30(35)32(27)22-6-4-5-18(3)13-22/h4-15,17,27,34H,16H2,1-3H3. The van der Waals surface area contributed by atoms with Gasteiger partial charge in [-0.2, -0.15) is 0 Å². The van der Waals surface area contributed by atoms with Crippen LogP contribution in [-0.2, 0) is 4.79 Å². The Balaban J connectivity index is 1.59. The fourth-order valence-corrected chi connectivity index (χ4v) is 4.65. The van der Waals surface area contributed by atoms with Crippen molar-refractivity contribution in [3.63, 3.8) is 0 Å². The van der Waals surface area contributed by atoms with Crippen molar-refractivity contribution in [2.75, 3.05) is 11.5 Å². The summed E-state index contributed by atoms with van der Waals surface area (Å²) in [4.78, 5) is 28.6. The van der Waals surface area contributed by atoms with E-state index in [1.807, 2.05) is 25.1 Å². The molecule has 1 aliphatic rings. The fourth-order valence-electron chi connectivity index (χ4n) is 4.46. The first-order valence-corrected chi connectivity index (χ1v) is 12.4. The normalized spacial score (nSPS) is 15.8. The van der Waals surface area contributed by atoms with E-state index in [-0.39, 0.29) is 11.3 Å². The third-order valence-corrected chi connectivity index (χ3v) is 6.45. The second kappa shape index (κ2) is 9.79. The van der Waals surface area contributed by atoms with Gasteiger partial charge in [-0.3, -0.25) is 14.5 Å². The lowest BCUT2D eigenvalue weighted by atomic mass is 9.94. The molecule has 2 heterocycles. The van der Waals surface area contributed by atoms with Crippen molar-refractivity contribution in [1.29, 1.82) is 0 Å². The van der Waals surface area contributed by atoms with Gasteiger partial charge in [0.2, 0.25) is 5.78 Å². The van der Waals surface area contributed by atoms with Crippen LogP contribution < -0.4 is 9.64 Å². The van der Waals surface area contributed by atoms with E-state index in [9.17, 15) is 14.7 Å². The van der Waals surface area contributed by atoms with Gasteiger partial charge in [-0.25, -0.2) is 0 Å². The molecule has 37 heavy (non-hydrogen) atoms. The number of ether oxygens (including phenoxy) is 1. The van der Waals surface area contributed by atoms with Crippen molar-refractivity contribution in [2.45, 2.75) is 26.8 Å². The van der Waals surface area contributed by atoms with Crippen LogP contribution in [0.3, 0.4) is 0 Å². The van der Waals surface area contributed by atoms with E-state index in [2.05, 4.69) is 13.8 Å². The number of nitrogens with zero attached hydrogens (tertiary/aromatic N) is 1. The number of furan rings is 1. The number of amides is 1. The van der Waals surface area contributed by atoms with Crippen LogP contribution in [0.5, 0.6) is 5.75 Å². The summed E-state index contributed by atoms with van der Waals surface area (Å²) in [5.74, 6) is -0.766. The first kappa shape index (κ1) is 24.7. The van der Waals surface area contributed by atoms with Crippen LogP contribution in [-0.4, -0.2) is 23.4 Å². The summed E-state index contributed by atoms with van der Waals surface area (Å²) in [5.41, 5.74) is 2.59. The molecular formula is C30H26ClNO5. The number of ketones is 1. The van der Waals surface area contributed by atoms with Gasteiger partial charge in [0.1, 0.15) is 11.3 Å². The molecule has 3 aromatic carbocycles. The smallest absolute Gasteiger partial charge is 0.294 e. The predicted octanol–water partition coefficient (Wildman–Crippen LogP) is 7.21. The Morgan fingerprint density at radius 3 is 2.54 bits per heavy atom. The monoisotopic (exact) mass is 515 g/mol. The summed E-state index contributed by atoms with van der Waals surface area (Å²) in [6.45, 7) is 6.61. The molecule has 4 aromatic rings. The maximum Gasteiger partial charge on any atom is 0.294 e. The van der Waals surface area contributed by atoms with E-state index >= 15 is 0 Å². The highest BCUT2D eigenvalue weighted by atomic mass is 35.5. The molecule has 0 radical (unpaired) electrons. The van der Waals surface area contributed by atoms with Gasteiger partial charge in [-0.15, -0.1) is 0 Å². The summed E-state index contributed by atoms with van der Waals surface area (Å²) >= 11 is 6.09. The van der Waals surface area contributed by atoms with Crippen LogP contribution in [0.1, 0.15) is 41.6 Å². The number of aliphatic hydroxyl groups excluding tert-OH is 1. The minimum absolute atomic E-state index is 0.0135. The number of anilines is 1. The zero-order valence-electron chi connectivity index (χ0n) is 20.7. The summed E-state index contributed by atoms with van der Waals surface area (Å²) in [7, 11) is 0. The van der Waals surface area contributed by atoms with E-state index in [0.717, 1.165) is 5.56 Å². The molecular weight excluding hydrogens is 490 g/mol. The van der Waals surface area contributed by atoms with Gasteiger partial charge in [0.25, 0.3) is 5.91 Å². The number of rotatable bonds is 7. The molecule has 1 atom stereocenters. The number of carbonyl (C=O) groups excluding carboxylic acids is 2. The maximum absolute atomic E-state index is 13.8. The lowest BCUT2D eigenvalue weighted by Gasteiger charge is -2.27. The summed E-state index contributed by atoms with van der Waals surface area (Å²) in [5, 5.41) is 12.2. The molecule has 6 nitrogen and oxygen atoms in total. The molecule has 1 unspecified atom stereocenters. The lowest BCUT2D eigenvalue weighted by molar-refractivity contribution is -0.117. The van der Waals surface area contributed by atoms with E-state index < -0.39 is 23.5 Å². The SMILES string of the molecule is Cc1cccc(N2C(=O)C(O)=C(C(=O)c3cc4cc(Cl)ccc4o3)C2c2ccc(OCC(C)C)cc2)c1. The number of halogens is 1. The Morgan fingerprint density at radius 1 is 1.08 bits per heavy atom. The average molecular weight is 516 g/mol. The third kappa shape index (κ3) is 4.72. The molecule has 0 spiro atoms. The summed E-state index contributed by atoms with van der Waals surface area (Å²) in [6.07, 6.45) is 0. The Bertz CT molecular complexity index is 1530. The highest BCUT2D eigenvalue weighted by Crippen LogP contribution is 2.43. The second-order valence-corrected chi connectivity index (χ2v) is 10.0. The van der Waals surface area contributed by atoms with Gasteiger partial charge in [0.15, 0.2) is 11.5 Å². The molecule has 188 valence electrons. The molecule has 0 bridgehead atoms. The zero-order valence-corrected chi connectivity index (χ0v) is 21.5. The first-order chi connectivity index (χ1) is 17.7. The summed E-state index contributed by atoms with van der Waals surface area (Å²) < 4.78 is 11.6. The number of fused-ring (bicyclic) bond motifs is 1. The van der Waals surface area contributed by atoms with Crippen molar-refractivity contribution < 1.29 is 23.8 Å². The minimum Gasteiger partial charge on any atom is -0.503 e. The third-order valence-electron chi connectivity index (χ3n) is 6.21. The van der Waals surface area contributed by atoms with Crippen molar-refractivity contribution in [3.05, 3.63) is 106 Å². The molecule has 7 heteroatoms. The van der Waals surface area contributed by atoms with E-state index in [1.54, 1.807) is 54.6 Å². The number of carbonyl (C=O) groups is 2. The molecule has 1 N–H and O–H groups in total. The van der Waals surface area contributed by atoms with Gasteiger partial charge >= 0.3 is 0 Å². The number of hydrogen-bond acceptors (Lipinski definition) is 5. The Hall–Kier alpha value is -4.03. The molecule has 1 aromatic heterocycles. The van der Waals surface area contributed by atoms with Crippen LogP contribution in [0.15, 0.2) is 88.5 Å². The van der Waals surface area contributed by atoms with Crippen molar-refractivity contribution in [3.8, 4) is 5.75 Å². The van der Waals surface area contributed by atoms with E-state index in [0.29, 0.717) is 45.5 Å². The number of aryl methyl sites for hydroxylation is 1. The highest BCUT2D eigenvalue weighted by molar-refractivity contribution is 6.31. The second-order valence-electron chi connectivity index (χ2n) is 9.57. The topological polar surface area (TPSA) is 80.0 Å². The van der Waals surface area contributed by atoms with Crippen molar-refractivity contribution in [2.24, 2.45) is 5.92 Å². The first-order valence-electron chi connectivity index (χ1n) is 12.0. The number of aliphatic hydroxyl groups is 1. The molecule has 0 aliphatic carbocycles. The van der Waals surface area contributed by atoms with Crippen LogP contribution in [0, 0.1) is 12.8 Å². The molecule has 1 amide bonds. The summed E-state index contributed by atoms with van der Waals surface area (Å²) in [6, 6.07) is 20.3. The molecule has 0 saturated carbocycles. The quantitative estimate of drug-likeness (QED) is 0.263. The molecule has 0 saturated heterocycles. The van der Waals surface area contributed by atoms with Gasteiger partial charge < -0.3 is 14.3 Å².